The van der Waals surface area contributed by atoms with Crippen LogP contribution in [0.2, 0.25) is 0 Å². The normalized spacial score (nSPS) is 25.9. The van der Waals surface area contributed by atoms with E-state index in [-0.39, 0.29) is 17.3 Å². The van der Waals surface area contributed by atoms with E-state index in [4.69, 9.17) is 4.74 Å². The quantitative estimate of drug-likeness (QED) is 0.854. The average molecular weight is 283 g/mol. The van der Waals surface area contributed by atoms with Crippen molar-refractivity contribution in [2.24, 2.45) is 0 Å². The monoisotopic (exact) mass is 283 g/mol. The van der Waals surface area contributed by atoms with Gasteiger partial charge in [-0.15, -0.1) is 0 Å². The van der Waals surface area contributed by atoms with Crippen LogP contribution in [0.5, 0.6) is 0 Å². The second kappa shape index (κ2) is 5.33. The molecule has 2 aliphatic rings. The van der Waals surface area contributed by atoms with Gasteiger partial charge in [-0.05, 0) is 32.3 Å². The van der Waals surface area contributed by atoms with Crippen LogP contribution in [-0.2, 0) is 11.3 Å². The second-order valence-electron chi connectivity index (χ2n) is 5.80. The maximum Gasteiger partial charge on any atom is 0.280 e. The summed E-state index contributed by atoms with van der Waals surface area (Å²) in [6, 6.07) is 1.53. The van der Waals surface area contributed by atoms with E-state index in [9.17, 15) is 8.78 Å². The summed E-state index contributed by atoms with van der Waals surface area (Å²) in [4.78, 5) is 10.3. The minimum Gasteiger partial charge on any atom is -0.372 e. The van der Waals surface area contributed by atoms with Crippen LogP contribution in [-0.4, -0.2) is 39.7 Å². The van der Waals surface area contributed by atoms with E-state index in [0.29, 0.717) is 19.0 Å². The average Bonchev–Trinajstić information content (AvgIpc) is 2.40. The molecule has 1 aromatic heterocycles. The molecule has 1 spiro atoms. The van der Waals surface area contributed by atoms with E-state index >= 15 is 0 Å². The van der Waals surface area contributed by atoms with E-state index in [1.807, 2.05) is 0 Å². The Labute approximate surface area is 117 Å². The van der Waals surface area contributed by atoms with E-state index < -0.39 is 6.43 Å². The number of morpholine rings is 1. The lowest BCUT2D eigenvalue weighted by Gasteiger charge is -2.50. The van der Waals surface area contributed by atoms with Crippen molar-refractivity contribution in [3.05, 3.63) is 23.8 Å². The highest BCUT2D eigenvalue weighted by molar-refractivity contribution is 5.05. The smallest absolute Gasteiger partial charge is 0.280 e. The summed E-state index contributed by atoms with van der Waals surface area (Å²) in [6.45, 7) is 4.13. The van der Waals surface area contributed by atoms with Crippen LogP contribution in [0.15, 0.2) is 12.3 Å². The van der Waals surface area contributed by atoms with Gasteiger partial charge in [0, 0.05) is 18.8 Å². The van der Waals surface area contributed by atoms with Crippen molar-refractivity contribution < 1.29 is 13.5 Å². The Morgan fingerprint density at radius 2 is 2.30 bits per heavy atom. The van der Waals surface area contributed by atoms with Gasteiger partial charge in [-0.2, -0.15) is 0 Å². The Bertz CT molecular complexity index is 479. The molecule has 110 valence electrons. The molecule has 0 radical (unpaired) electrons. The van der Waals surface area contributed by atoms with Gasteiger partial charge >= 0.3 is 0 Å². The third-order valence-electron chi connectivity index (χ3n) is 4.31. The number of halogens is 2. The third-order valence-corrected chi connectivity index (χ3v) is 4.31. The lowest BCUT2D eigenvalue weighted by Crippen LogP contribution is -2.58. The standard InChI is InChI=1S/C14H19F2N3O/c1-10-8-20-14(4-2-5-14)9-19(10)7-12-17-6-3-11(18-12)13(15)16/h3,6,10,13H,2,4-5,7-9H2,1H3. The Morgan fingerprint density at radius 3 is 2.95 bits per heavy atom. The summed E-state index contributed by atoms with van der Waals surface area (Å²) < 4.78 is 31.3. The molecule has 1 aliphatic heterocycles. The maximum atomic E-state index is 12.7. The maximum absolute atomic E-state index is 12.7. The number of aromatic nitrogens is 2. The zero-order valence-electron chi connectivity index (χ0n) is 11.6. The lowest BCUT2D eigenvalue weighted by atomic mass is 9.78. The molecule has 4 nitrogen and oxygen atoms in total. The van der Waals surface area contributed by atoms with Crippen molar-refractivity contribution in [2.75, 3.05) is 13.2 Å². The van der Waals surface area contributed by atoms with Crippen molar-refractivity contribution in [3.63, 3.8) is 0 Å². The molecule has 0 aromatic carbocycles. The molecule has 1 atom stereocenters. The molecule has 0 N–H and O–H groups in total. The molecule has 2 heterocycles. The molecular formula is C14H19F2N3O. The summed E-state index contributed by atoms with van der Waals surface area (Å²) in [5.74, 6) is 0.464. The molecule has 1 saturated heterocycles. The molecule has 2 fully saturated rings. The predicted octanol–water partition coefficient (Wildman–Crippen LogP) is 2.56. The van der Waals surface area contributed by atoms with Gasteiger partial charge in [0.05, 0.1) is 18.8 Å². The number of hydrogen-bond acceptors (Lipinski definition) is 4. The molecule has 1 aliphatic carbocycles. The highest BCUT2D eigenvalue weighted by Gasteiger charge is 2.44. The number of ether oxygens (including phenoxy) is 1. The number of rotatable bonds is 3. The third kappa shape index (κ3) is 2.67. The first-order valence-corrected chi connectivity index (χ1v) is 7.06. The highest BCUT2D eigenvalue weighted by atomic mass is 19.3. The van der Waals surface area contributed by atoms with Crippen molar-refractivity contribution in [2.45, 2.75) is 50.8 Å². The second-order valence-corrected chi connectivity index (χ2v) is 5.80. The predicted molar refractivity (Wildman–Crippen MR) is 69.4 cm³/mol. The van der Waals surface area contributed by atoms with Crippen LogP contribution in [0.25, 0.3) is 0 Å². The van der Waals surface area contributed by atoms with E-state index in [2.05, 4.69) is 21.8 Å². The SMILES string of the molecule is CC1COC2(CCC2)CN1Cc1nccc(C(F)F)n1. The first kappa shape index (κ1) is 13.8. The van der Waals surface area contributed by atoms with Crippen LogP contribution in [0.4, 0.5) is 8.78 Å². The fourth-order valence-corrected chi connectivity index (χ4v) is 2.85. The fraction of sp³-hybridized carbons (Fsp3) is 0.714. The van der Waals surface area contributed by atoms with Crippen LogP contribution < -0.4 is 0 Å². The highest BCUT2D eigenvalue weighted by Crippen LogP contribution is 2.39. The molecule has 1 aromatic rings. The lowest BCUT2D eigenvalue weighted by molar-refractivity contribution is -0.171. The molecule has 1 unspecified atom stereocenters. The zero-order valence-corrected chi connectivity index (χ0v) is 11.6. The molecule has 1 saturated carbocycles. The van der Waals surface area contributed by atoms with Crippen LogP contribution in [0.3, 0.4) is 0 Å². The molecule has 0 amide bonds. The van der Waals surface area contributed by atoms with Crippen LogP contribution in [0.1, 0.15) is 44.1 Å². The molecule has 20 heavy (non-hydrogen) atoms. The van der Waals surface area contributed by atoms with Crippen LogP contribution in [0, 0.1) is 0 Å². The molecule has 6 heteroatoms. The first-order chi connectivity index (χ1) is 9.58. The summed E-state index contributed by atoms with van der Waals surface area (Å²) in [5, 5.41) is 0. The Balaban J connectivity index is 1.70. The molecular weight excluding hydrogens is 264 g/mol. The van der Waals surface area contributed by atoms with E-state index in [0.717, 1.165) is 19.4 Å². The van der Waals surface area contributed by atoms with Gasteiger partial charge in [-0.3, -0.25) is 4.90 Å². The summed E-state index contributed by atoms with van der Waals surface area (Å²) in [5.41, 5.74) is -0.207. The number of alkyl halides is 2. The van der Waals surface area contributed by atoms with Gasteiger partial charge in [0.25, 0.3) is 6.43 Å². The van der Waals surface area contributed by atoms with Gasteiger partial charge in [0.2, 0.25) is 0 Å². The molecule has 0 bridgehead atoms. The minimum absolute atomic E-state index is 0.00711. The van der Waals surface area contributed by atoms with Crippen molar-refractivity contribution in [1.29, 1.82) is 0 Å². The van der Waals surface area contributed by atoms with Gasteiger partial charge in [0.15, 0.2) is 0 Å². The summed E-state index contributed by atoms with van der Waals surface area (Å²) >= 11 is 0. The van der Waals surface area contributed by atoms with E-state index in [1.165, 1.54) is 18.7 Å². The van der Waals surface area contributed by atoms with Crippen molar-refractivity contribution in [1.82, 2.24) is 14.9 Å². The zero-order chi connectivity index (χ0) is 14.2. The fourth-order valence-electron chi connectivity index (χ4n) is 2.85. The number of hydrogen-bond donors (Lipinski definition) is 0. The summed E-state index contributed by atoms with van der Waals surface area (Å²) in [6.07, 6.45) is 2.26. The minimum atomic E-state index is -2.54. The Hall–Kier alpha value is -1.14. The Kier molecular flexibility index (Phi) is 3.69. The summed E-state index contributed by atoms with van der Waals surface area (Å²) in [7, 11) is 0. The van der Waals surface area contributed by atoms with Gasteiger partial charge in [0.1, 0.15) is 11.5 Å². The number of nitrogens with zero attached hydrogens (tertiary/aromatic N) is 3. The van der Waals surface area contributed by atoms with Crippen molar-refractivity contribution in [3.8, 4) is 0 Å². The largest absolute Gasteiger partial charge is 0.372 e. The topological polar surface area (TPSA) is 38.2 Å². The van der Waals surface area contributed by atoms with Gasteiger partial charge < -0.3 is 4.74 Å². The van der Waals surface area contributed by atoms with E-state index in [1.54, 1.807) is 0 Å². The Morgan fingerprint density at radius 1 is 1.50 bits per heavy atom. The van der Waals surface area contributed by atoms with Gasteiger partial charge in [-0.1, -0.05) is 0 Å². The van der Waals surface area contributed by atoms with Crippen LogP contribution >= 0.6 is 0 Å². The first-order valence-electron chi connectivity index (χ1n) is 7.06. The van der Waals surface area contributed by atoms with Crippen molar-refractivity contribution >= 4 is 0 Å². The van der Waals surface area contributed by atoms with Gasteiger partial charge in [-0.25, -0.2) is 18.7 Å². The molecule has 3 rings (SSSR count).